The number of nitrogens with two attached hydrogens (primary N) is 1. The smallest absolute Gasteiger partial charge is 0.276 e. The van der Waals surface area contributed by atoms with Crippen LogP contribution in [0.2, 0.25) is 0 Å². The fourth-order valence-corrected chi connectivity index (χ4v) is 1.34. The number of rotatable bonds is 6. The second kappa shape index (κ2) is 6.60. The Bertz CT molecular complexity index is 459. The van der Waals surface area contributed by atoms with Crippen molar-refractivity contribution in [1.82, 2.24) is 15.3 Å². The van der Waals surface area contributed by atoms with Crippen molar-refractivity contribution in [2.24, 2.45) is 0 Å². The van der Waals surface area contributed by atoms with Gasteiger partial charge in [-0.2, -0.15) is 0 Å². The lowest BCUT2D eigenvalue weighted by atomic mass is 10.4. The number of aromatic amines is 1. The van der Waals surface area contributed by atoms with Crippen LogP contribution in [-0.2, 0) is 9.53 Å². The first-order valence-electron chi connectivity index (χ1n) is 5.36. The lowest BCUT2D eigenvalue weighted by Crippen LogP contribution is -2.37. The highest BCUT2D eigenvalue weighted by Gasteiger charge is 2.12. The van der Waals surface area contributed by atoms with Gasteiger partial charge in [0.1, 0.15) is 5.69 Å². The van der Waals surface area contributed by atoms with Gasteiger partial charge in [-0.25, -0.2) is 4.98 Å². The zero-order valence-corrected chi connectivity index (χ0v) is 10.4. The van der Waals surface area contributed by atoms with Crippen LogP contribution in [0, 0.1) is 0 Å². The second-order valence-electron chi connectivity index (χ2n) is 3.67. The first-order valence-corrected chi connectivity index (χ1v) is 5.36. The molecule has 0 fully saturated rings. The number of nitrogens with zero attached hydrogens (tertiary/aromatic N) is 2. The maximum atomic E-state index is 11.5. The van der Waals surface area contributed by atoms with Crippen molar-refractivity contribution in [3.05, 3.63) is 16.7 Å². The highest BCUT2D eigenvalue weighted by atomic mass is 16.5. The highest BCUT2D eigenvalue weighted by molar-refractivity contribution is 5.81. The Kier molecular flexibility index (Phi) is 5.12. The van der Waals surface area contributed by atoms with Gasteiger partial charge in [-0.3, -0.25) is 9.59 Å². The molecule has 0 aromatic carbocycles. The molecule has 1 aromatic rings. The Morgan fingerprint density at radius 2 is 2.39 bits per heavy atom. The lowest BCUT2D eigenvalue weighted by molar-refractivity contribution is -0.119. The highest BCUT2D eigenvalue weighted by Crippen LogP contribution is 2.11. The zero-order chi connectivity index (χ0) is 13.5. The van der Waals surface area contributed by atoms with Gasteiger partial charge in [0, 0.05) is 20.7 Å². The first kappa shape index (κ1) is 14.0. The van der Waals surface area contributed by atoms with E-state index in [0.29, 0.717) is 13.2 Å². The van der Waals surface area contributed by atoms with Gasteiger partial charge in [0.25, 0.3) is 5.56 Å². The number of H-pyrrole nitrogens is 1. The molecule has 1 rings (SSSR count). The number of anilines is 2. The molecule has 0 aliphatic carbocycles. The van der Waals surface area contributed by atoms with Crippen LogP contribution in [0.1, 0.15) is 0 Å². The van der Waals surface area contributed by atoms with E-state index in [2.05, 4.69) is 15.3 Å². The number of amides is 1. The van der Waals surface area contributed by atoms with Crippen LogP contribution in [0.25, 0.3) is 0 Å². The fourth-order valence-electron chi connectivity index (χ4n) is 1.34. The Hall–Kier alpha value is -2.09. The van der Waals surface area contributed by atoms with Gasteiger partial charge in [0.2, 0.25) is 5.91 Å². The van der Waals surface area contributed by atoms with E-state index in [1.54, 1.807) is 14.2 Å². The van der Waals surface area contributed by atoms with Crippen molar-refractivity contribution in [3.63, 3.8) is 0 Å². The van der Waals surface area contributed by atoms with Gasteiger partial charge < -0.3 is 25.7 Å². The minimum Gasteiger partial charge on any atom is -0.391 e. The summed E-state index contributed by atoms with van der Waals surface area (Å²) in [6.45, 7) is 0.937. The molecule has 0 aliphatic rings. The normalized spacial score (nSPS) is 10.1. The van der Waals surface area contributed by atoms with E-state index in [1.165, 1.54) is 11.2 Å². The summed E-state index contributed by atoms with van der Waals surface area (Å²) >= 11 is 0. The molecular weight excluding hydrogens is 238 g/mol. The van der Waals surface area contributed by atoms with Crippen LogP contribution in [0.4, 0.5) is 11.5 Å². The molecule has 8 heteroatoms. The van der Waals surface area contributed by atoms with E-state index in [9.17, 15) is 9.59 Å². The fraction of sp³-hybridized carbons (Fsp3) is 0.500. The van der Waals surface area contributed by atoms with Gasteiger partial charge in [-0.15, -0.1) is 0 Å². The molecule has 0 saturated heterocycles. The van der Waals surface area contributed by atoms with Crippen LogP contribution in [-0.4, -0.2) is 49.7 Å². The summed E-state index contributed by atoms with van der Waals surface area (Å²) in [6, 6.07) is 0. The number of carbonyl (C=O) groups is 1. The van der Waals surface area contributed by atoms with E-state index in [1.807, 2.05) is 0 Å². The summed E-state index contributed by atoms with van der Waals surface area (Å²) in [7, 11) is 3.19. The quantitative estimate of drug-likeness (QED) is 0.536. The monoisotopic (exact) mass is 255 g/mol. The molecule has 0 bridgehead atoms. The summed E-state index contributed by atoms with van der Waals surface area (Å²) in [5.41, 5.74) is 5.15. The molecule has 0 atom stereocenters. The van der Waals surface area contributed by atoms with Gasteiger partial charge in [-0.1, -0.05) is 0 Å². The zero-order valence-electron chi connectivity index (χ0n) is 10.4. The third-order valence-electron chi connectivity index (χ3n) is 2.24. The number of carbonyl (C=O) groups excluding carboxylic acids is 1. The predicted octanol–water partition coefficient (Wildman–Crippen LogP) is -1.45. The number of nitrogens with one attached hydrogen (secondary N) is 2. The van der Waals surface area contributed by atoms with Crippen LogP contribution in [0.5, 0.6) is 0 Å². The Morgan fingerprint density at radius 3 is 3.06 bits per heavy atom. The summed E-state index contributed by atoms with van der Waals surface area (Å²) in [5.74, 6) is 0.0803. The minimum absolute atomic E-state index is 0.00954. The molecule has 100 valence electrons. The van der Waals surface area contributed by atoms with E-state index in [0.717, 1.165) is 0 Å². The first-order chi connectivity index (χ1) is 8.56. The molecule has 8 nitrogen and oxygen atoms in total. The molecule has 1 amide bonds. The Morgan fingerprint density at radius 1 is 1.67 bits per heavy atom. The van der Waals surface area contributed by atoms with Crippen molar-refractivity contribution in [2.45, 2.75) is 0 Å². The molecule has 0 unspecified atom stereocenters. The molecule has 0 aliphatic heterocycles. The Balaban J connectivity index is 2.59. The second-order valence-corrected chi connectivity index (χ2v) is 3.67. The van der Waals surface area contributed by atoms with Crippen LogP contribution in [0.3, 0.4) is 0 Å². The van der Waals surface area contributed by atoms with Crippen LogP contribution in [0.15, 0.2) is 11.1 Å². The number of aromatic nitrogens is 2. The van der Waals surface area contributed by atoms with Crippen LogP contribution >= 0.6 is 0 Å². The number of nitrogen functional groups attached to an aromatic ring is 1. The summed E-state index contributed by atoms with van der Waals surface area (Å²) in [6.07, 6.45) is 1.24. The molecule has 0 radical (unpaired) electrons. The molecule has 4 N–H and O–H groups in total. The minimum atomic E-state index is -0.424. The maximum absolute atomic E-state index is 11.5. The van der Waals surface area contributed by atoms with Gasteiger partial charge in [0.05, 0.1) is 19.5 Å². The van der Waals surface area contributed by atoms with Crippen molar-refractivity contribution in [3.8, 4) is 0 Å². The van der Waals surface area contributed by atoms with Gasteiger partial charge >= 0.3 is 0 Å². The molecule has 0 saturated carbocycles. The van der Waals surface area contributed by atoms with E-state index in [-0.39, 0.29) is 24.0 Å². The van der Waals surface area contributed by atoms with Crippen molar-refractivity contribution in [2.75, 3.05) is 44.5 Å². The summed E-state index contributed by atoms with van der Waals surface area (Å²) in [4.78, 5) is 30.6. The molecule has 18 heavy (non-hydrogen) atoms. The van der Waals surface area contributed by atoms with Crippen molar-refractivity contribution >= 4 is 17.4 Å². The third-order valence-corrected chi connectivity index (χ3v) is 2.24. The number of hydrogen-bond acceptors (Lipinski definition) is 6. The predicted molar refractivity (Wildman–Crippen MR) is 67.4 cm³/mol. The maximum Gasteiger partial charge on any atom is 0.276 e. The molecule has 1 heterocycles. The standard InChI is InChI=1S/C10H17N5O3/c1-15(5-7(16)12-3-4-18-2)9-8(11)10(17)14-6-13-9/h6H,3-5,11H2,1-2H3,(H,12,16)(H,13,14,17). The topological polar surface area (TPSA) is 113 Å². The van der Waals surface area contributed by atoms with Gasteiger partial charge in [-0.05, 0) is 0 Å². The summed E-state index contributed by atoms with van der Waals surface area (Å²) in [5, 5.41) is 2.66. The van der Waals surface area contributed by atoms with Crippen molar-refractivity contribution < 1.29 is 9.53 Å². The average Bonchev–Trinajstić information content (AvgIpc) is 2.32. The number of methoxy groups -OCH3 is 1. The number of likely N-dealkylation sites (N-methyl/N-ethyl adjacent to an activating group) is 1. The van der Waals surface area contributed by atoms with Crippen molar-refractivity contribution in [1.29, 1.82) is 0 Å². The number of hydrogen-bond donors (Lipinski definition) is 3. The average molecular weight is 255 g/mol. The third kappa shape index (κ3) is 3.74. The lowest BCUT2D eigenvalue weighted by Gasteiger charge is -2.18. The largest absolute Gasteiger partial charge is 0.391 e. The van der Waals surface area contributed by atoms with Gasteiger partial charge in [0.15, 0.2) is 5.82 Å². The molecule has 1 aromatic heterocycles. The molecular formula is C10H17N5O3. The SMILES string of the molecule is COCCNC(=O)CN(C)c1nc[nH]c(=O)c1N. The van der Waals surface area contributed by atoms with E-state index >= 15 is 0 Å². The Labute approximate surface area is 104 Å². The molecule has 0 spiro atoms. The number of ether oxygens (including phenoxy) is 1. The van der Waals surface area contributed by atoms with E-state index < -0.39 is 5.56 Å². The van der Waals surface area contributed by atoms with E-state index in [4.69, 9.17) is 10.5 Å². The van der Waals surface area contributed by atoms with Crippen LogP contribution < -0.4 is 21.5 Å². The summed E-state index contributed by atoms with van der Waals surface area (Å²) < 4.78 is 4.81.